The van der Waals surface area contributed by atoms with E-state index >= 15 is 0 Å². The van der Waals surface area contributed by atoms with Crippen molar-refractivity contribution < 1.29 is 19.1 Å². The van der Waals surface area contributed by atoms with E-state index in [0.717, 1.165) is 11.1 Å². The van der Waals surface area contributed by atoms with Gasteiger partial charge in [-0.05, 0) is 31.2 Å². The van der Waals surface area contributed by atoms with Gasteiger partial charge in [-0.15, -0.1) is 5.10 Å². The quantitative estimate of drug-likeness (QED) is 0.585. The Morgan fingerprint density at radius 2 is 2.00 bits per heavy atom. The Labute approximate surface area is 183 Å². The van der Waals surface area contributed by atoms with E-state index in [2.05, 4.69) is 20.7 Å². The van der Waals surface area contributed by atoms with Crippen molar-refractivity contribution in [3.63, 3.8) is 0 Å². The zero-order valence-electron chi connectivity index (χ0n) is 17.1. The van der Waals surface area contributed by atoms with Crippen LogP contribution in [-0.2, 0) is 16.6 Å². The second-order valence-electron chi connectivity index (χ2n) is 6.84. The van der Waals surface area contributed by atoms with Gasteiger partial charge < -0.3 is 9.47 Å². The molecule has 0 amide bonds. The smallest absolute Gasteiger partial charge is 0.337 e. The molecule has 3 aromatic rings. The van der Waals surface area contributed by atoms with Crippen molar-refractivity contribution in [2.45, 2.75) is 19.3 Å². The van der Waals surface area contributed by atoms with Crippen molar-refractivity contribution in [1.82, 2.24) is 20.2 Å². The number of halogens is 1. The minimum Gasteiger partial charge on any atom is -0.465 e. The van der Waals surface area contributed by atoms with Crippen LogP contribution in [0.4, 0.5) is 0 Å². The highest BCUT2D eigenvalue weighted by molar-refractivity contribution is 6.30. The van der Waals surface area contributed by atoms with Crippen LogP contribution >= 0.6 is 11.6 Å². The molecule has 0 fully saturated rings. The average Bonchev–Trinajstić information content (AvgIpc) is 3.41. The number of carbonyl (C=O) groups excluding carboxylic acids is 1. The maximum atomic E-state index is 11.6. The molecule has 0 spiro atoms. The predicted octanol–water partition coefficient (Wildman–Crippen LogP) is 3.32. The summed E-state index contributed by atoms with van der Waals surface area (Å²) in [5.41, 5.74) is 4.88. The van der Waals surface area contributed by atoms with Gasteiger partial charge in [0.15, 0.2) is 17.8 Å². The Bertz CT molecular complexity index is 1130. The lowest BCUT2D eigenvalue weighted by atomic mass is 10.1. The molecule has 9 nitrogen and oxygen atoms in total. The van der Waals surface area contributed by atoms with Gasteiger partial charge in [0.1, 0.15) is 0 Å². The number of aromatic nitrogens is 3. The van der Waals surface area contributed by atoms with E-state index in [4.69, 9.17) is 25.9 Å². The number of hydrogen-bond acceptors (Lipinski definition) is 8. The van der Waals surface area contributed by atoms with E-state index < -0.39 is 18.3 Å². The number of aliphatic imine (C=N–C) groups is 1. The summed E-state index contributed by atoms with van der Waals surface area (Å²) < 4.78 is 12.4. The Kier molecular flexibility index (Phi) is 5.88. The standard InChI is InChI=1S/C21H20ClN5O4/c1-12(17-23-19(31-26-17)15-5-4-6-16(22)11-15)30-21-25-24-18(27(21)2)13-7-9-14(10-8-13)20(28)29-3/h4-12,19H,1-3H3,(H,23,26). The lowest BCUT2D eigenvalue weighted by Crippen LogP contribution is -2.33. The summed E-state index contributed by atoms with van der Waals surface area (Å²) in [6, 6.07) is 14.5. The van der Waals surface area contributed by atoms with E-state index in [9.17, 15) is 4.79 Å². The van der Waals surface area contributed by atoms with Gasteiger partial charge in [0.2, 0.25) is 6.23 Å². The first-order valence-electron chi connectivity index (χ1n) is 9.46. The van der Waals surface area contributed by atoms with Crippen molar-refractivity contribution >= 4 is 23.4 Å². The van der Waals surface area contributed by atoms with E-state index in [1.165, 1.54) is 7.11 Å². The molecule has 2 atom stereocenters. The van der Waals surface area contributed by atoms with Crippen LogP contribution < -0.4 is 10.2 Å². The second kappa shape index (κ2) is 8.75. The van der Waals surface area contributed by atoms with E-state index in [-0.39, 0.29) is 0 Å². The summed E-state index contributed by atoms with van der Waals surface area (Å²) in [5, 5.41) is 8.93. The maximum absolute atomic E-state index is 11.6. The number of nitrogens with one attached hydrogen (secondary N) is 1. The zero-order chi connectivity index (χ0) is 22.0. The van der Waals surface area contributed by atoms with Gasteiger partial charge in [0.05, 0.1) is 12.7 Å². The van der Waals surface area contributed by atoms with Crippen molar-refractivity contribution in [2.24, 2.45) is 12.0 Å². The number of hydrogen-bond donors (Lipinski definition) is 1. The van der Waals surface area contributed by atoms with Gasteiger partial charge >= 0.3 is 12.0 Å². The molecule has 0 radical (unpaired) electrons. The number of benzene rings is 2. The number of carbonyl (C=O) groups is 1. The topological polar surface area (TPSA) is 99.9 Å². The molecule has 31 heavy (non-hydrogen) atoms. The molecule has 0 bridgehead atoms. The van der Waals surface area contributed by atoms with Crippen LogP contribution in [0.3, 0.4) is 0 Å². The number of rotatable bonds is 6. The van der Waals surface area contributed by atoms with Gasteiger partial charge in [0.25, 0.3) is 0 Å². The third kappa shape index (κ3) is 4.37. The molecular formula is C21H20ClN5O4. The van der Waals surface area contributed by atoms with Crippen molar-refractivity contribution in [2.75, 3.05) is 7.11 Å². The van der Waals surface area contributed by atoms with Gasteiger partial charge in [0, 0.05) is 23.2 Å². The highest BCUT2D eigenvalue weighted by Crippen LogP contribution is 2.26. The highest BCUT2D eigenvalue weighted by Gasteiger charge is 2.26. The maximum Gasteiger partial charge on any atom is 0.337 e. The number of esters is 1. The summed E-state index contributed by atoms with van der Waals surface area (Å²) in [7, 11) is 3.14. The molecule has 160 valence electrons. The van der Waals surface area contributed by atoms with Crippen molar-refractivity contribution in [3.8, 4) is 17.4 Å². The minimum absolute atomic E-state index is 0.315. The molecule has 4 rings (SSSR count). The van der Waals surface area contributed by atoms with Gasteiger partial charge in [-0.1, -0.05) is 41.0 Å². The Hall–Kier alpha value is -3.43. The summed E-state index contributed by atoms with van der Waals surface area (Å²) in [5.74, 6) is 0.718. The van der Waals surface area contributed by atoms with Gasteiger partial charge in [-0.2, -0.15) is 0 Å². The third-order valence-electron chi connectivity index (χ3n) is 4.73. The molecule has 0 saturated heterocycles. The fraction of sp³-hybridized carbons (Fsp3) is 0.238. The summed E-state index contributed by atoms with van der Waals surface area (Å²) in [6.45, 7) is 1.83. The first kappa shape index (κ1) is 20.8. The normalized spacial score (nSPS) is 16.4. The first-order valence-corrected chi connectivity index (χ1v) is 9.83. The summed E-state index contributed by atoms with van der Waals surface area (Å²) in [4.78, 5) is 21.7. The number of amidine groups is 1. The summed E-state index contributed by atoms with van der Waals surface area (Å²) >= 11 is 6.04. The van der Waals surface area contributed by atoms with Crippen LogP contribution in [0.2, 0.25) is 5.02 Å². The van der Waals surface area contributed by atoms with Crippen LogP contribution in [0.15, 0.2) is 53.5 Å². The van der Waals surface area contributed by atoms with Crippen LogP contribution in [0.25, 0.3) is 11.4 Å². The van der Waals surface area contributed by atoms with E-state index in [1.54, 1.807) is 48.0 Å². The molecule has 1 N–H and O–H groups in total. The largest absolute Gasteiger partial charge is 0.465 e. The molecular weight excluding hydrogens is 422 g/mol. The van der Waals surface area contributed by atoms with Gasteiger partial charge in [-0.25, -0.2) is 20.1 Å². The Balaban J connectivity index is 1.47. The molecule has 0 saturated carbocycles. The van der Waals surface area contributed by atoms with Crippen LogP contribution in [0.1, 0.15) is 29.1 Å². The number of methoxy groups -OCH3 is 1. The first-order chi connectivity index (χ1) is 15.0. The number of hydroxylamine groups is 1. The molecule has 2 unspecified atom stereocenters. The average molecular weight is 442 g/mol. The Morgan fingerprint density at radius 3 is 2.71 bits per heavy atom. The monoisotopic (exact) mass is 441 g/mol. The molecule has 1 aliphatic rings. The van der Waals surface area contributed by atoms with Crippen LogP contribution in [0, 0.1) is 0 Å². The van der Waals surface area contributed by atoms with Crippen LogP contribution in [0.5, 0.6) is 6.01 Å². The molecule has 1 aliphatic heterocycles. The van der Waals surface area contributed by atoms with E-state index in [0.29, 0.717) is 28.3 Å². The van der Waals surface area contributed by atoms with Crippen molar-refractivity contribution in [1.29, 1.82) is 0 Å². The second-order valence-corrected chi connectivity index (χ2v) is 7.27. The number of nitrogens with zero attached hydrogens (tertiary/aromatic N) is 4. The minimum atomic E-state index is -0.511. The zero-order valence-corrected chi connectivity index (χ0v) is 17.8. The summed E-state index contributed by atoms with van der Waals surface area (Å²) in [6.07, 6.45) is -0.968. The fourth-order valence-corrected chi connectivity index (χ4v) is 3.24. The third-order valence-corrected chi connectivity index (χ3v) is 4.97. The number of ether oxygens (including phenoxy) is 2. The Morgan fingerprint density at radius 1 is 1.23 bits per heavy atom. The van der Waals surface area contributed by atoms with Crippen molar-refractivity contribution in [3.05, 3.63) is 64.7 Å². The highest BCUT2D eigenvalue weighted by atomic mass is 35.5. The SMILES string of the molecule is COC(=O)c1ccc(-c2nnc(OC(C)C3=NC(c4cccc(Cl)c4)ON3)n2C)cc1. The fourth-order valence-electron chi connectivity index (χ4n) is 3.04. The molecule has 2 heterocycles. The van der Waals surface area contributed by atoms with E-state index in [1.807, 2.05) is 19.1 Å². The predicted molar refractivity (Wildman–Crippen MR) is 114 cm³/mol. The van der Waals surface area contributed by atoms with Crippen LogP contribution in [-0.4, -0.2) is 39.8 Å². The molecule has 2 aromatic carbocycles. The van der Waals surface area contributed by atoms with Gasteiger partial charge in [-0.3, -0.25) is 4.57 Å². The molecule has 0 aliphatic carbocycles. The lowest BCUT2D eigenvalue weighted by Gasteiger charge is -2.13. The molecule has 1 aromatic heterocycles. The molecule has 10 heteroatoms. The lowest BCUT2D eigenvalue weighted by molar-refractivity contribution is 0.0351.